The molecule has 0 radical (unpaired) electrons. The second kappa shape index (κ2) is 8.07. The van der Waals surface area contributed by atoms with Crippen LogP contribution in [0.5, 0.6) is 0 Å². The number of carbonyl (C=O) groups excluding carboxylic acids is 1. The van der Waals surface area contributed by atoms with Crippen LogP contribution in [0.15, 0.2) is 42.6 Å². The Morgan fingerprint density at radius 2 is 1.87 bits per heavy atom. The number of benzene rings is 2. The SMILES string of the molecule is Cc1ccc(F)cc1NC(=O)C1CCN(c2c(C#N)cnc3ccc(F)cc23)CC1. The van der Waals surface area contributed by atoms with Gasteiger partial charge in [0, 0.05) is 36.3 Å². The predicted octanol–water partition coefficient (Wildman–Crippen LogP) is 4.55. The van der Waals surface area contributed by atoms with E-state index in [4.69, 9.17) is 0 Å². The maximum atomic E-state index is 13.8. The first-order valence-corrected chi connectivity index (χ1v) is 9.76. The lowest BCUT2D eigenvalue weighted by molar-refractivity contribution is -0.120. The van der Waals surface area contributed by atoms with Gasteiger partial charge in [-0.25, -0.2) is 8.78 Å². The summed E-state index contributed by atoms with van der Waals surface area (Å²) in [6, 6.07) is 10.8. The topological polar surface area (TPSA) is 69.0 Å². The first-order valence-electron chi connectivity index (χ1n) is 9.76. The van der Waals surface area contributed by atoms with Crippen molar-refractivity contribution in [3.63, 3.8) is 0 Å². The number of aryl methyl sites for hydroxylation is 1. The summed E-state index contributed by atoms with van der Waals surface area (Å²) in [6.45, 7) is 2.91. The van der Waals surface area contributed by atoms with E-state index in [1.807, 2.05) is 11.8 Å². The van der Waals surface area contributed by atoms with Crippen molar-refractivity contribution >= 4 is 28.2 Å². The molecule has 1 fully saturated rings. The van der Waals surface area contributed by atoms with E-state index < -0.39 is 5.82 Å². The highest BCUT2D eigenvalue weighted by Crippen LogP contribution is 2.33. The van der Waals surface area contributed by atoms with Crippen molar-refractivity contribution in [3.05, 3.63) is 65.4 Å². The lowest BCUT2D eigenvalue weighted by Crippen LogP contribution is -2.38. The van der Waals surface area contributed by atoms with Crippen molar-refractivity contribution in [2.45, 2.75) is 19.8 Å². The monoisotopic (exact) mass is 406 g/mol. The molecular formula is C23H20F2N4O. The van der Waals surface area contributed by atoms with E-state index in [-0.39, 0.29) is 17.6 Å². The number of nitrogens with zero attached hydrogens (tertiary/aromatic N) is 3. The van der Waals surface area contributed by atoms with E-state index in [0.717, 1.165) is 5.56 Å². The number of hydrogen-bond acceptors (Lipinski definition) is 4. The maximum absolute atomic E-state index is 13.8. The van der Waals surface area contributed by atoms with Crippen molar-refractivity contribution in [2.24, 2.45) is 5.92 Å². The molecule has 152 valence electrons. The van der Waals surface area contributed by atoms with Crippen molar-refractivity contribution < 1.29 is 13.6 Å². The Labute approximate surface area is 172 Å². The van der Waals surface area contributed by atoms with E-state index in [1.165, 1.54) is 30.5 Å². The van der Waals surface area contributed by atoms with Gasteiger partial charge in [0.25, 0.3) is 0 Å². The number of piperidine rings is 1. The molecule has 0 bridgehead atoms. The molecule has 1 aromatic heterocycles. The van der Waals surface area contributed by atoms with Gasteiger partial charge in [-0.15, -0.1) is 0 Å². The van der Waals surface area contributed by atoms with Crippen molar-refractivity contribution in [2.75, 3.05) is 23.3 Å². The number of amides is 1. The van der Waals surface area contributed by atoms with E-state index in [0.29, 0.717) is 53.8 Å². The molecule has 1 N–H and O–H groups in total. The largest absolute Gasteiger partial charge is 0.370 e. The highest BCUT2D eigenvalue weighted by molar-refractivity contribution is 5.95. The summed E-state index contributed by atoms with van der Waals surface area (Å²) in [6.07, 6.45) is 2.65. The van der Waals surface area contributed by atoms with Crippen molar-refractivity contribution in [1.82, 2.24) is 4.98 Å². The average molecular weight is 406 g/mol. The lowest BCUT2D eigenvalue weighted by atomic mass is 9.94. The average Bonchev–Trinajstić information content (AvgIpc) is 2.75. The molecule has 7 heteroatoms. The molecule has 5 nitrogen and oxygen atoms in total. The van der Waals surface area contributed by atoms with Gasteiger partial charge >= 0.3 is 0 Å². The number of halogens is 2. The van der Waals surface area contributed by atoms with Crippen LogP contribution in [0.4, 0.5) is 20.2 Å². The van der Waals surface area contributed by atoms with Crippen LogP contribution in [0.1, 0.15) is 24.0 Å². The van der Waals surface area contributed by atoms with Gasteiger partial charge in [0.2, 0.25) is 5.91 Å². The fourth-order valence-electron chi connectivity index (χ4n) is 3.90. The summed E-state index contributed by atoms with van der Waals surface area (Å²) in [5, 5.41) is 12.9. The molecule has 2 heterocycles. The molecular weight excluding hydrogens is 386 g/mol. The van der Waals surface area contributed by atoms with Crippen LogP contribution in [-0.2, 0) is 4.79 Å². The zero-order chi connectivity index (χ0) is 21.3. The summed E-state index contributed by atoms with van der Waals surface area (Å²) in [7, 11) is 0. The third-order valence-electron chi connectivity index (χ3n) is 5.56. The molecule has 0 spiro atoms. The molecule has 3 aromatic rings. The first-order chi connectivity index (χ1) is 14.5. The standard InChI is InChI=1S/C23H20F2N4O/c1-14-2-3-18(25)11-21(14)28-23(30)15-6-8-29(9-7-15)22-16(12-26)13-27-20-5-4-17(24)10-19(20)22/h2-5,10-11,13,15H,6-9H2,1H3,(H,28,30). The van der Waals surface area contributed by atoms with Crippen LogP contribution in [-0.4, -0.2) is 24.0 Å². The second-order valence-electron chi connectivity index (χ2n) is 7.50. The molecule has 0 unspecified atom stereocenters. The highest BCUT2D eigenvalue weighted by atomic mass is 19.1. The predicted molar refractivity (Wildman–Crippen MR) is 111 cm³/mol. The van der Waals surface area contributed by atoms with E-state index >= 15 is 0 Å². The molecule has 0 atom stereocenters. The second-order valence-corrected chi connectivity index (χ2v) is 7.50. The van der Waals surface area contributed by atoms with E-state index in [1.54, 1.807) is 12.1 Å². The fraction of sp³-hybridized carbons (Fsp3) is 0.261. The van der Waals surface area contributed by atoms with Gasteiger partial charge in [-0.2, -0.15) is 5.26 Å². The van der Waals surface area contributed by atoms with Gasteiger partial charge < -0.3 is 10.2 Å². The summed E-state index contributed by atoms with van der Waals surface area (Å²) >= 11 is 0. The maximum Gasteiger partial charge on any atom is 0.227 e. The minimum atomic E-state index is -0.397. The van der Waals surface area contributed by atoms with Crippen LogP contribution in [0.25, 0.3) is 10.9 Å². The Kier molecular flexibility index (Phi) is 5.32. The molecule has 0 saturated carbocycles. The van der Waals surface area contributed by atoms with Crippen molar-refractivity contribution in [3.8, 4) is 6.07 Å². The van der Waals surface area contributed by atoms with Crippen molar-refractivity contribution in [1.29, 1.82) is 5.26 Å². The van der Waals surface area contributed by atoms with Crippen LogP contribution < -0.4 is 10.2 Å². The van der Waals surface area contributed by atoms with Crippen LogP contribution >= 0.6 is 0 Å². The molecule has 0 aliphatic carbocycles. The Morgan fingerprint density at radius 3 is 2.60 bits per heavy atom. The van der Waals surface area contributed by atoms with Gasteiger partial charge in [-0.1, -0.05) is 6.07 Å². The van der Waals surface area contributed by atoms with Crippen LogP contribution in [0, 0.1) is 35.8 Å². The van der Waals surface area contributed by atoms with Gasteiger partial charge in [0.15, 0.2) is 0 Å². The highest BCUT2D eigenvalue weighted by Gasteiger charge is 2.27. The quantitative estimate of drug-likeness (QED) is 0.693. The minimum absolute atomic E-state index is 0.144. The number of rotatable bonds is 3. The summed E-state index contributed by atoms with van der Waals surface area (Å²) < 4.78 is 27.3. The molecule has 1 aliphatic heterocycles. The number of anilines is 2. The Balaban J connectivity index is 1.52. The Bertz CT molecular complexity index is 1160. The summed E-state index contributed by atoms with van der Waals surface area (Å²) in [5.41, 5.74) is 2.93. The fourth-order valence-corrected chi connectivity index (χ4v) is 3.90. The third kappa shape index (κ3) is 3.81. The number of fused-ring (bicyclic) bond motifs is 1. The first kappa shape index (κ1) is 19.8. The summed E-state index contributed by atoms with van der Waals surface area (Å²) in [5.74, 6) is -1.15. The van der Waals surface area contributed by atoms with Gasteiger partial charge in [0.1, 0.15) is 17.7 Å². The number of nitriles is 1. The number of aromatic nitrogens is 1. The Hall–Kier alpha value is -3.53. The number of carbonyl (C=O) groups is 1. The minimum Gasteiger partial charge on any atom is -0.370 e. The number of hydrogen-bond donors (Lipinski definition) is 1. The summed E-state index contributed by atoms with van der Waals surface area (Å²) in [4.78, 5) is 18.9. The van der Waals surface area contributed by atoms with Gasteiger partial charge in [-0.3, -0.25) is 9.78 Å². The smallest absolute Gasteiger partial charge is 0.227 e. The van der Waals surface area contributed by atoms with Crippen LogP contribution in [0.2, 0.25) is 0 Å². The molecule has 1 saturated heterocycles. The van der Waals surface area contributed by atoms with E-state index in [9.17, 15) is 18.8 Å². The van der Waals surface area contributed by atoms with Gasteiger partial charge in [-0.05, 0) is 55.7 Å². The van der Waals surface area contributed by atoms with Gasteiger partial charge in [0.05, 0.1) is 16.8 Å². The molecule has 30 heavy (non-hydrogen) atoms. The number of nitrogens with one attached hydrogen (secondary N) is 1. The zero-order valence-electron chi connectivity index (χ0n) is 16.5. The normalized spacial score (nSPS) is 14.5. The number of pyridine rings is 1. The molecule has 4 rings (SSSR count). The molecule has 1 amide bonds. The van der Waals surface area contributed by atoms with Crippen LogP contribution in [0.3, 0.4) is 0 Å². The molecule has 2 aromatic carbocycles. The third-order valence-corrected chi connectivity index (χ3v) is 5.56. The Morgan fingerprint density at radius 1 is 1.17 bits per heavy atom. The lowest BCUT2D eigenvalue weighted by Gasteiger charge is -2.34. The molecule has 1 aliphatic rings. The zero-order valence-corrected chi connectivity index (χ0v) is 16.5. The van der Waals surface area contributed by atoms with E-state index in [2.05, 4.69) is 16.4 Å².